The lowest BCUT2D eigenvalue weighted by molar-refractivity contribution is 1.10. The first-order valence-electron chi connectivity index (χ1n) is 4.32. The molecule has 2 aromatic rings. The zero-order valence-electron chi connectivity index (χ0n) is 7.78. The van der Waals surface area contributed by atoms with Crippen molar-refractivity contribution in [3.8, 4) is 17.3 Å². The molecule has 0 fully saturated rings. The number of rotatable bonds is 1. The molecule has 0 atom stereocenters. The van der Waals surface area contributed by atoms with Gasteiger partial charge >= 0.3 is 0 Å². The fraction of sp³-hybridized carbons (Fsp3) is 0.0909. The largest absolute Gasteiger partial charge is 0.278 e. The summed E-state index contributed by atoms with van der Waals surface area (Å²) in [5.74, 6) is 0. The summed E-state index contributed by atoms with van der Waals surface area (Å²) in [6.07, 6.45) is 1.77. The van der Waals surface area contributed by atoms with Crippen LogP contribution in [-0.2, 0) is 0 Å². The van der Waals surface area contributed by atoms with Gasteiger partial charge in [-0.3, -0.25) is 5.10 Å². The summed E-state index contributed by atoms with van der Waals surface area (Å²) < 4.78 is 0. The normalized spacial score (nSPS) is 9.71. The van der Waals surface area contributed by atoms with Gasteiger partial charge in [0, 0.05) is 5.56 Å². The van der Waals surface area contributed by atoms with E-state index in [1.54, 1.807) is 12.3 Å². The maximum atomic E-state index is 8.75. The van der Waals surface area contributed by atoms with E-state index in [-0.39, 0.29) is 0 Å². The number of aryl methyl sites for hydroxylation is 1. The molecular formula is C11H9N3. The Hall–Kier alpha value is -2.08. The molecule has 0 aliphatic heterocycles. The fourth-order valence-corrected chi connectivity index (χ4v) is 1.38. The number of nitriles is 1. The lowest BCUT2D eigenvalue weighted by Crippen LogP contribution is -1.82. The molecule has 0 aliphatic rings. The van der Waals surface area contributed by atoms with E-state index >= 15 is 0 Å². The highest BCUT2D eigenvalue weighted by molar-refractivity contribution is 5.63. The van der Waals surface area contributed by atoms with Crippen LogP contribution in [-0.4, -0.2) is 10.2 Å². The minimum Gasteiger partial charge on any atom is -0.278 e. The number of H-pyrrole nitrogens is 1. The minimum atomic E-state index is 0.663. The smallest absolute Gasteiger partial charge is 0.0991 e. The molecule has 1 heterocycles. The zero-order chi connectivity index (χ0) is 9.97. The van der Waals surface area contributed by atoms with Crippen LogP contribution in [0.25, 0.3) is 11.3 Å². The van der Waals surface area contributed by atoms with Gasteiger partial charge in [-0.05, 0) is 24.6 Å². The molecule has 2 rings (SSSR count). The molecular weight excluding hydrogens is 174 g/mol. The van der Waals surface area contributed by atoms with E-state index in [1.807, 2.05) is 25.1 Å². The van der Waals surface area contributed by atoms with Crippen molar-refractivity contribution in [2.75, 3.05) is 0 Å². The van der Waals surface area contributed by atoms with Gasteiger partial charge in [-0.2, -0.15) is 10.4 Å². The maximum Gasteiger partial charge on any atom is 0.0991 e. The number of aromatic nitrogens is 2. The highest BCUT2D eigenvalue weighted by Gasteiger charge is 2.03. The third-order valence-electron chi connectivity index (χ3n) is 2.11. The molecule has 0 aliphatic carbocycles. The lowest BCUT2D eigenvalue weighted by Gasteiger charge is -1.99. The molecule has 14 heavy (non-hydrogen) atoms. The van der Waals surface area contributed by atoms with Crippen LogP contribution in [0.1, 0.15) is 11.1 Å². The molecule has 0 amide bonds. The number of nitrogens with one attached hydrogen (secondary N) is 1. The van der Waals surface area contributed by atoms with E-state index in [0.29, 0.717) is 5.56 Å². The Morgan fingerprint density at radius 2 is 2.29 bits per heavy atom. The van der Waals surface area contributed by atoms with Crippen LogP contribution in [0, 0.1) is 18.3 Å². The number of nitrogens with zero attached hydrogens (tertiary/aromatic N) is 2. The van der Waals surface area contributed by atoms with Crippen molar-refractivity contribution in [3.05, 3.63) is 41.6 Å². The molecule has 68 valence electrons. The minimum absolute atomic E-state index is 0.663. The number of aromatic amines is 1. The molecule has 0 saturated carbocycles. The third-order valence-corrected chi connectivity index (χ3v) is 2.11. The quantitative estimate of drug-likeness (QED) is 0.737. The van der Waals surface area contributed by atoms with Gasteiger partial charge in [-0.15, -0.1) is 0 Å². The summed E-state index contributed by atoms with van der Waals surface area (Å²) in [6.45, 7) is 1.98. The highest BCUT2D eigenvalue weighted by Crippen LogP contribution is 2.20. The fourth-order valence-electron chi connectivity index (χ4n) is 1.38. The Bertz CT molecular complexity index is 491. The molecule has 0 unspecified atom stereocenters. The van der Waals surface area contributed by atoms with Crippen molar-refractivity contribution in [2.24, 2.45) is 0 Å². The summed E-state index contributed by atoms with van der Waals surface area (Å²) in [7, 11) is 0. The Labute approximate surface area is 82.0 Å². The van der Waals surface area contributed by atoms with Crippen molar-refractivity contribution in [1.29, 1.82) is 5.26 Å². The second kappa shape index (κ2) is 3.35. The van der Waals surface area contributed by atoms with Gasteiger partial charge in [-0.1, -0.05) is 12.1 Å². The van der Waals surface area contributed by atoms with E-state index in [0.717, 1.165) is 16.8 Å². The average Bonchev–Trinajstić information content (AvgIpc) is 2.65. The third kappa shape index (κ3) is 1.38. The van der Waals surface area contributed by atoms with Gasteiger partial charge in [0.05, 0.1) is 23.5 Å². The molecule has 1 aromatic carbocycles. The summed E-state index contributed by atoms with van der Waals surface area (Å²) >= 11 is 0. The lowest BCUT2D eigenvalue weighted by atomic mass is 10.1. The first kappa shape index (κ1) is 8.52. The summed E-state index contributed by atoms with van der Waals surface area (Å²) in [5, 5.41) is 15.6. The second-order valence-electron chi connectivity index (χ2n) is 3.12. The number of benzene rings is 1. The first-order chi connectivity index (χ1) is 6.81. The van der Waals surface area contributed by atoms with Gasteiger partial charge in [0.1, 0.15) is 0 Å². The van der Waals surface area contributed by atoms with Crippen LogP contribution < -0.4 is 0 Å². The van der Waals surface area contributed by atoms with Crippen LogP contribution in [0.3, 0.4) is 0 Å². The topological polar surface area (TPSA) is 52.5 Å². The van der Waals surface area contributed by atoms with Crippen LogP contribution in [0.4, 0.5) is 0 Å². The predicted octanol–water partition coefficient (Wildman–Crippen LogP) is 2.26. The Kier molecular flexibility index (Phi) is 2.04. The van der Waals surface area contributed by atoms with Crippen molar-refractivity contribution in [2.45, 2.75) is 6.92 Å². The van der Waals surface area contributed by atoms with Crippen molar-refractivity contribution in [3.63, 3.8) is 0 Å². The standard InChI is InChI=1S/C11H9N3/c1-8-7-13-14-11(8)10-4-2-3-9(5-10)6-12/h2-5,7H,1H3,(H,13,14). The molecule has 0 bridgehead atoms. The van der Waals surface area contributed by atoms with E-state index in [4.69, 9.17) is 5.26 Å². The van der Waals surface area contributed by atoms with Crippen molar-refractivity contribution in [1.82, 2.24) is 10.2 Å². The molecule has 0 spiro atoms. The van der Waals surface area contributed by atoms with Crippen LogP contribution in [0.5, 0.6) is 0 Å². The molecule has 1 N–H and O–H groups in total. The SMILES string of the molecule is Cc1cn[nH]c1-c1cccc(C#N)c1. The average molecular weight is 183 g/mol. The maximum absolute atomic E-state index is 8.75. The molecule has 3 heteroatoms. The van der Waals surface area contributed by atoms with Crippen LogP contribution in [0.15, 0.2) is 30.5 Å². The second-order valence-corrected chi connectivity index (χ2v) is 3.12. The molecule has 3 nitrogen and oxygen atoms in total. The zero-order valence-corrected chi connectivity index (χ0v) is 7.78. The van der Waals surface area contributed by atoms with Crippen molar-refractivity contribution >= 4 is 0 Å². The van der Waals surface area contributed by atoms with Gasteiger partial charge in [0.25, 0.3) is 0 Å². The number of hydrogen-bond donors (Lipinski definition) is 1. The van der Waals surface area contributed by atoms with E-state index in [2.05, 4.69) is 16.3 Å². The molecule has 0 saturated heterocycles. The summed E-state index contributed by atoms with van der Waals surface area (Å²) in [5.41, 5.74) is 3.72. The van der Waals surface area contributed by atoms with Gasteiger partial charge in [0.2, 0.25) is 0 Å². The van der Waals surface area contributed by atoms with Crippen LogP contribution >= 0.6 is 0 Å². The van der Waals surface area contributed by atoms with E-state index in [1.165, 1.54) is 0 Å². The predicted molar refractivity (Wildman–Crippen MR) is 53.5 cm³/mol. The Morgan fingerprint density at radius 3 is 2.93 bits per heavy atom. The molecule has 0 radical (unpaired) electrons. The van der Waals surface area contributed by atoms with Gasteiger partial charge in [0.15, 0.2) is 0 Å². The van der Waals surface area contributed by atoms with Crippen molar-refractivity contribution < 1.29 is 0 Å². The summed E-state index contributed by atoms with van der Waals surface area (Å²) in [4.78, 5) is 0. The molecule has 1 aromatic heterocycles. The highest BCUT2D eigenvalue weighted by atomic mass is 15.1. The monoisotopic (exact) mass is 183 g/mol. The van der Waals surface area contributed by atoms with Crippen LogP contribution in [0.2, 0.25) is 0 Å². The number of hydrogen-bond acceptors (Lipinski definition) is 2. The van der Waals surface area contributed by atoms with E-state index < -0.39 is 0 Å². The first-order valence-corrected chi connectivity index (χ1v) is 4.32. The summed E-state index contributed by atoms with van der Waals surface area (Å²) in [6, 6.07) is 9.58. The van der Waals surface area contributed by atoms with E-state index in [9.17, 15) is 0 Å². The van der Waals surface area contributed by atoms with Gasteiger partial charge < -0.3 is 0 Å². The Balaban J connectivity index is 2.53. The Morgan fingerprint density at radius 1 is 1.43 bits per heavy atom. The van der Waals surface area contributed by atoms with Gasteiger partial charge in [-0.25, -0.2) is 0 Å².